The number of likely N-dealkylation sites (tertiary alicyclic amines) is 1. The summed E-state index contributed by atoms with van der Waals surface area (Å²) in [5.74, 6) is 1.12. The molecule has 2 aromatic rings. The van der Waals surface area contributed by atoms with Crippen molar-refractivity contribution in [3.8, 4) is 0 Å². The summed E-state index contributed by atoms with van der Waals surface area (Å²) in [5, 5.41) is 11.4. The molecule has 0 spiro atoms. The maximum Gasteiger partial charge on any atom is 0.227 e. The molecule has 2 aromatic heterocycles. The Kier molecular flexibility index (Phi) is 6.15. The molecule has 1 saturated heterocycles. The van der Waals surface area contributed by atoms with Crippen molar-refractivity contribution in [1.82, 2.24) is 30.1 Å². The van der Waals surface area contributed by atoms with Gasteiger partial charge in [0.15, 0.2) is 5.82 Å². The van der Waals surface area contributed by atoms with Crippen LogP contribution in [0.3, 0.4) is 0 Å². The molecule has 0 radical (unpaired) electrons. The molecule has 0 bridgehead atoms. The molecule has 1 unspecified atom stereocenters. The van der Waals surface area contributed by atoms with E-state index in [4.69, 9.17) is 4.52 Å². The molecule has 0 saturated carbocycles. The molecular formula is C21H30N6O3. The number of amides is 2. The zero-order chi connectivity index (χ0) is 21.1. The van der Waals surface area contributed by atoms with E-state index in [2.05, 4.69) is 20.3 Å². The van der Waals surface area contributed by atoms with Crippen molar-refractivity contribution in [2.45, 2.75) is 64.8 Å². The maximum atomic E-state index is 12.9. The number of aromatic amines is 1. The molecule has 162 valence electrons. The summed E-state index contributed by atoms with van der Waals surface area (Å²) in [6.07, 6.45) is 6.63. The predicted molar refractivity (Wildman–Crippen MR) is 108 cm³/mol. The summed E-state index contributed by atoms with van der Waals surface area (Å²) < 4.78 is 5.15. The van der Waals surface area contributed by atoms with E-state index in [0.29, 0.717) is 57.0 Å². The Labute approximate surface area is 176 Å². The van der Waals surface area contributed by atoms with Crippen molar-refractivity contribution in [3.05, 3.63) is 28.7 Å². The van der Waals surface area contributed by atoms with Gasteiger partial charge in [-0.2, -0.15) is 10.1 Å². The lowest BCUT2D eigenvalue weighted by Crippen LogP contribution is -2.36. The Morgan fingerprint density at radius 1 is 1.30 bits per heavy atom. The number of aryl methyl sites for hydroxylation is 3. The molecule has 30 heavy (non-hydrogen) atoms. The number of H-pyrrole nitrogens is 1. The molecule has 3 heterocycles. The van der Waals surface area contributed by atoms with Crippen LogP contribution in [0.5, 0.6) is 0 Å². The van der Waals surface area contributed by atoms with Crippen molar-refractivity contribution < 1.29 is 14.1 Å². The number of hydrogen-bond donors (Lipinski definition) is 1. The van der Waals surface area contributed by atoms with Crippen molar-refractivity contribution in [2.24, 2.45) is 5.92 Å². The fourth-order valence-electron chi connectivity index (χ4n) is 4.39. The van der Waals surface area contributed by atoms with Gasteiger partial charge in [-0.25, -0.2) is 0 Å². The number of fused-ring (bicyclic) bond motifs is 1. The average molecular weight is 415 g/mol. The summed E-state index contributed by atoms with van der Waals surface area (Å²) >= 11 is 0. The molecule has 1 aliphatic carbocycles. The van der Waals surface area contributed by atoms with Crippen LogP contribution in [0.4, 0.5) is 0 Å². The van der Waals surface area contributed by atoms with Gasteiger partial charge in [-0.1, -0.05) is 12.1 Å². The lowest BCUT2D eigenvalue weighted by Gasteiger charge is -2.22. The molecule has 4 rings (SSSR count). The zero-order valence-electron chi connectivity index (χ0n) is 17.8. The highest BCUT2D eigenvalue weighted by Crippen LogP contribution is 2.24. The first-order chi connectivity index (χ1) is 14.5. The van der Waals surface area contributed by atoms with Gasteiger partial charge < -0.3 is 14.3 Å². The van der Waals surface area contributed by atoms with Crippen LogP contribution in [0, 0.1) is 5.92 Å². The number of carbonyl (C=O) groups excluding carboxylic acids is 2. The van der Waals surface area contributed by atoms with E-state index in [0.717, 1.165) is 18.5 Å². The Morgan fingerprint density at radius 2 is 2.13 bits per heavy atom. The van der Waals surface area contributed by atoms with Gasteiger partial charge in [-0.05, 0) is 37.7 Å². The van der Waals surface area contributed by atoms with E-state index in [1.54, 1.807) is 9.80 Å². The Hall–Kier alpha value is -2.71. The van der Waals surface area contributed by atoms with Crippen LogP contribution in [0.25, 0.3) is 0 Å². The van der Waals surface area contributed by atoms with Crippen LogP contribution in [-0.2, 0) is 41.8 Å². The first kappa shape index (κ1) is 20.6. The van der Waals surface area contributed by atoms with Crippen LogP contribution < -0.4 is 0 Å². The highest BCUT2D eigenvalue weighted by atomic mass is 16.5. The third kappa shape index (κ3) is 4.39. The van der Waals surface area contributed by atoms with Crippen LogP contribution in [-0.4, -0.2) is 62.1 Å². The fraction of sp³-hybridized carbons (Fsp3) is 0.667. The van der Waals surface area contributed by atoms with Crippen molar-refractivity contribution in [3.63, 3.8) is 0 Å². The van der Waals surface area contributed by atoms with E-state index in [9.17, 15) is 9.59 Å². The number of nitrogens with one attached hydrogen (secondary N) is 1. The quantitative estimate of drug-likeness (QED) is 0.738. The SMILES string of the molecule is CCc1noc(CCC(=O)N2CCC(C(=O)N(C)Cc3n[nH]c4c3CCCC4)C2)n1. The van der Waals surface area contributed by atoms with Gasteiger partial charge in [0.25, 0.3) is 0 Å². The second-order valence-electron chi connectivity index (χ2n) is 8.31. The summed E-state index contributed by atoms with van der Waals surface area (Å²) in [5.41, 5.74) is 3.50. The van der Waals surface area contributed by atoms with Gasteiger partial charge in [-0.15, -0.1) is 0 Å². The van der Waals surface area contributed by atoms with E-state index in [1.165, 1.54) is 24.1 Å². The lowest BCUT2D eigenvalue weighted by molar-refractivity contribution is -0.135. The number of carbonyl (C=O) groups is 2. The largest absolute Gasteiger partial charge is 0.342 e. The summed E-state index contributed by atoms with van der Waals surface area (Å²) in [7, 11) is 1.83. The van der Waals surface area contributed by atoms with Crippen LogP contribution in [0.2, 0.25) is 0 Å². The third-order valence-corrected chi connectivity index (χ3v) is 6.17. The first-order valence-corrected chi connectivity index (χ1v) is 10.9. The minimum Gasteiger partial charge on any atom is -0.342 e. The Balaban J connectivity index is 1.27. The standard InChI is InChI=1S/C21H30N6O3/c1-3-18-22-19(30-25-18)8-9-20(28)27-11-10-14(12-27)21(29)26(2)13-17-15-6-4-5-7-16(15)23-24-17/h14H,3-13H2,1-2H3,(H,23,24). The van der Waals surface area contributed by atoms with Gasteiger partial charge in [0.2, 0.25) is 17.7 Å². The van der Waals surface area contributed by atoms with Crippen molar-refractivity contribution in [2.75, 3.05) is 20.1 Å². The highest BCUT2D eigenvalue weighted by Gasteiger charge is 2.33. The van der Waals surface area contributed by atoms with Gasteiger partial charge in [0.05, 0.1) is 18.2 Å². The monoisotopic (exact) mass is 414 g/mol. The number of aromatic nitrogens is 4. The van der Waals surface area contributed by atoms with Gasteiger partial charge in [0.1, 0.15) is 0 Å². The Morgan fingerprint density at radius 3 is 2.93 bits per heavy atom. The predicted octanol–water partition coefficient (Wildman–Crippen LogP) is 1.67. The third-order valence-electron chi connectivity index (χ3n) is 6.17. The molecule has 1 fully saturated rings. The lowest BCUT2D eigenvalue weighted by atomic mass is 9.96. The van der Waals surface area contributed by atoms with Crippen molar-refractivity contribution in [1.29, 1.82) is 0 Å². The summed E-state index contributed by atoms with van der Waals surface area (Å²) in [4.78, 5) is 33.3. The number of hydrogen-bond acceptors (Lipinski definition) is 6. The maximum absolute atomic E-state index is 12.9. The second-order valence-corrected chi connectivity index (χ2v) is 8.31. The fourth-order valence-corrected chi connectivity index (χ4v) is 4.39. The van der Waals surface area contributed by atoms with E-state index in [-0.39, 0.29) is 17.7 Å². The molecule has 0 aromatic carbocycles. The average Bonchev–Trinajstić information content (AvgIpc) is 3.51. The molecule has 1 aliphatic heterocycles. The minimum absolute atomic E-state index is 0.0329. The molecule has 1 atom stereocenters. The smallest absolute Gasteiger partial charge is 0.227 e. The van der Waals surface area contributed by atoms with E-state index in [1.807, 2.05) is 14.0 Å². The van der Waals surface area contributed by atoms with Crippen molar-refractivity contribution >= 4 is 11.8 Å². The molecule has 9 nitrogen and oxygen atoms in total. The second kappa shape index (κ2) is 8.97. The molecule has 2 aliphatic rings. The number of nitrogens with zero attached hydrogens (tertiary/aromatic N) is 5. The van der Waals surface area contributed by atoms with Gasteiger partial charge in [0, 0.05) is 45.1 Å². The van der Waals surface area contributed by atoms with Gasteiger partial charge in [-0.3, -0.25) is 14.7 Å². The summed E-state index contributed by atoms with van der Waals surface area (Å²) in [6.45, 7) is 3.57. The molecule has 9 heteroatoms. The van der Waals surface area contributed by atoms with E-state index < -0.39 is 0 Å². The summed E-state index contributed by atoms with van der Waals surface area (Å²) in [6, 6.07) is 0. The molecule has 1 N–H and O–H groups in total. The topological polar surface area (TPSA) is 108 Å². The van der Waals surface area contributed by atoms with E-state index >= 15 is 0 Å². The van der Waals surface area contributed by atoms with Crippen LogP contribution in [0.15, 0.2) is 4.52 Å². The normalized spacial score (nSPS) is 18.5. The molecular weight excluding hydrogens is 384 g/mol. The van der Waals surface area contributed by atoms with Crippen LogP contribution in [0.1, 0.15) is 61.3 Å². The number of rotatable bonds is 7. The zero-order valence-corrected chi connectivity index (χ0v) is 17.8. The Bertz CT molecular complexity index is 904. The first-order valence-electron chi connectivity index (χ1n) is 10.9. The highest BCUT2D eigenvalue weighted by molar-refractivity contribution is 5.82. The van der Waals surface area contributed by atoms with Gasteiger partial charge >= 0.3 is 0 Å². The minimum atomic E-state index is -0.149. The molecule has 2 amide bonds. The van der Waals surface area contributed by atoms with Crippen LogP contribution >= 0.6 is 0 Å².